The van der Waals surface area contributed by atoms with Crippen molar-refractivity contribution in [3.63, 3.8) is 0 Å². The lowest BCUT2D eigenvalue weighted by Crippen LogP contribution is -2.62. The van der Waals surface area contributed by atoms with Crippen molar-refractivity contribution in [2.24, 2.45) is 0 Å². The molecular formula is C18H30N2O. The van der Waals surface area contributed by atoms with E-state index in [1.165, 1.54) is 18.4 Å². The maximum atomic E-state index is 5.22. The van der Waals surface area contributed by atoms with Gasteiger partial charge in [-0.3, -0.25) is 4.90 Å². The molecule has 1 aromatic carbocycles. The van der Waals surface area contributed by atoms with Crippen LogP contribution in [0.25, 0.3) is 0 Å². The van der Waals surface area contributed by atoms with E-state index in [4.69, 9.17) is 4.74 Å². The zero-order chi connectivity index (χ0) is 15.3. The lowest BCUT2D eigenvalue weighted by Gasteiger charge is -2.46. The van der Waals surface area contributed by atoms with Crippen LogP contribution in [0.5, 0.6) is 5.75 Å². The van der Waals surface area contributed by atoms with E-state index in [0.717, 1.165) is 31.8 Å². The fourth-order valence-electron chi connectivity index (χ4n) is 3.09. The van der Waals surface area contributed by atoms with Gasteiger partial charge in [-0.15, -0.1) is 0 Å². The van der Waals surface area contributed by atoms with Gasteiger partial charge in [0.25, 0.3) is 0 Å². The molecule has 0 bridgehead atoms. The highest BCUT2D eigenvalue weighted by molar-refractivity contribution is 5.27. The smallest absolute Gasteiger partial charge is 0.118 e. The summed E-state index contributed by atoms with van der Waals surface area (Å²) in [6.07, 6.45) is 3.51. The van der Waals surface area contributed by atoms with Crippen LogP contribution in [-0.2, 0) is 6.42 Å². The first-order valence-corrected chi connectivity index (χ1v) is 8.22. The van der Waals surface area contributed by atoms with Crippen LogP contribution >= 0.6 is 0 Å². The Morgan fingerprint density at radius 2 is 2.00 bits per heavy atom. The summed E-state index contributed by atoms with van der Waals surface area (Å²) in [7, 11) is 1.72. The van der Waals surface area contributed by atoms with E-state index in [0.29, 0.717) is 6.04 Å². The molecule has 1 heterocycles. The summed E-state index contributed by atoms with van der Waals surface area (Å²) in [6, 6.07) is 9.14. The van der Waals surface area contributed by atoms with E-state index in [-0.39, 0.29) is 5.54 Å². The molecule has 3 nitrogen and oxygen atoms in total. The van der Waals surface area contributed by atoms with E-state index < -0.39 is 0 Å². The number of piperazine rings is 1. The van der Waals surface area contributed by atoms with Crippen molar-refractivity contribution in [1.82, 2.24) is 10.2 Å². The number of rotatable bonds is 6. The van der Waals surface area contributed by atoms with E-state index in [1.807, 2.05) is 0 Å². The van der Waals surface area contributed by atoms with E-state index >= 15 is 0 Å². The molecule has 1 fully saturated rings. The second kappa shape index (κ2) is 7.28. The number of hydrogen-bond donors (Lipinski definition) is 1. The Labute approximate surface area is 129 Å². The van der Waals surface area contributed by atoms with Gasteiger partial charge < -0.3 is 10.1 Å². The van der Waals surface area contributed by atoms with Crippen LogP contribution in [0.1, 0.15) is 39.2 Å². The molecule has 0 aliphatic carbocycles. The molecule has 1 N–H and O–H groups in total. The van der Waals surface area contributed by atoms with Crippen molar-refractivity contribution in [2.75, 3.05) is 26.7 Å². The number of ether oxygens (including phenoxy) is 1. The first-order chi connectivity index (χ1) is 10.1. The van der Waals surface area contributed by atoms with Crippen LogP contribution in [-0.4, -0.2) is 43.2 Å². The molecule has 1 aliphatic heterocycles. The van der Waals surface area contributed by atoms with Crippen molar-refractivity contribution < 1.29 is 4.74 Å². The van der Waals surface area contributed by atoms with Crippen LogP contribution in [0.4, 0.5) is 0 Å². The van der Waals surface area contributed by atoms with Crippen molar-refractivity contribution in [3.05, 3.63) is 29.8 Å². The lowest BCUT2D eigenvalue weighted by atomic mass is 9.92. The van der Waals surface area contributed by atoms with Crippen LogP contribution < -0.4 is 10.1 Å². The number of hydrogen-bond acceptors (Lipinski definition) is 3. The van der Waals surface area contributed by atoms with Gasteiger partial charge in [0.15, 0.2) is 0 Å². The van der Waals surface area contributed by atoms with Gasteiger partial charge in [-0.1, -0.05) is 26.0 Å². The SMILES string of the molecule is CCC1CNC(C)(CC)CN1CCc1ccc(OC)cc1. The van der Waals surface area contributed by atoms with Crippen molar-refractivity contribution in [3.8, 4) is 5.75 Å². The highest BCUT2D eigenvalue weighted by Crippen LogP contribution is 2.21. The fraction of sp³-hybridized carbons (Fsp3) is 0.667. The highest BCUT2D eigenvalue weighted by Gasteiger charge is 2.33. The number of benzene rings is 1. The Morgan fingerprint density at radius 3 is 2.57 bits per heavy atom. The molecule has 1 aliphatic rings. The molecule has 0 spiro atoms. The molecule has 118 valence electrons. The molecule has 0 amide bonds. The predicted molar refractivity (Wildman–Crippen MR) is 89.0 cm³/mol. The topological polar surface area (TPSA) is 24.5 Å². The minimum Gasteiger partial charge on any atom is -0.497 e. The number of nitrogens with zero attached hydrogens (tertiary/aromatic N) is 1. The third-order valence-electron chi connectivity index (χ3n) is 4.93. The average Bonchev–Trinajstić information content (AvgIpc) is 2.53. The molecule has 0 radical (unpaired) electrons. The van der Waals surface area contributed by atoms with Crippen molar-refractivity contribution >= 4 is 0 Å². The number of nitrogens with one attached hydrogen (secondary N) is 1. The predicted octanol–water partition coefficient (Wildman–Crippen LogP) is 3.09. The van der Waals surface area contributed by atoms with Crippen LogP contribution in [0.15, 0.2) is 24.3 Å². The summed E-state index contributed by atoms with van der Waals surface area (Å²) in [5.74, 6) is 0.936. The van der Waals surface area contributed by atoms with E-state index in [1.54, 1.807) is 7.11 Å². The first-order valence-electron chi connectivity index (χ1n) is 8.22. The molecular weight excluding hydrogens is 260 g/mol. The zero-order valence-electron chi connectivity index (χ0n) is 14.0. The Hall–Kier alpha value is -1.06. The van der Waals surface area contributed by atoms with E-state index in [9.17, 15) is 0 Å². The quantitative estimate of drug-likeness (QED) is 0.871. The molecule has 0 saturated carbocycles. The molecule has 3 heteroatoms. The molecule has 21 heavy (non-hydrogen) atoms. The van der Waals surface area contributed by atoms with Gasteiger partial charge in [0.2, 0.25) is 0 Å². The zero-order valence-corrected chi connectivity index (χ0v) is 14.0. The maximum absolute atomic E-state index is 5.22. The second-order valence-corrected chi connectivity index (χ2v) is 6.43. The minimum atomic E-state index is 0.269. The van der Waals surface area contributed by atoms with Crippen molar-refractivity contribution in [2.45, 2.75) is 51.6 Å². The summed E-state index contributed by atoms with van der Waals surface area (Å²) in [5.41, 5.74) is 1.66. The monoisotopic (exact) mass is 290 g/mol. The first kappa shape index (κ1) is 16.3. The van der Waals surface area contributed by atoms with Gasteiger partial charge in [-0.2, -0.15) is 0 Å². The van der Waals surface area contributed by atoms with Crippen molar-refractivity contribution in [1.29, 1.82) is 0 Å². The van der Waals surface area contributed by atoms with Gasteiger partial charge in [0.1, 0.15) is 5.75 Å². The maximum Gasteiger partial charge on any atom is 0.118 e. The molecule has 2 unspecified atom stereocenters. The van der Waals surface area contributed by atoms with Gasteiger partial charge >= 0.3 is 0 Å². The van der Waals surface area contributed by atoms with Crippen LogP contribution in [0.3, 0.4) is 0 Å². The molecule has 2 rings (SSSR count). The minimum absolute atomic E-state index is 0.269. The van der Waals surface area contributed by atoms with Gasteiger partial charge in [0.05, 0.1) is 7.11 Å². The lowest BCUT2D eigenvalue weighted by molar-refractivity contribution is 0.0832. The molecule has 1 aromatic rings. The van der Waals surface area contributed by atoms with E-state index in [2.05, 4.69) is 55.3 Å². The highest BCUT2D eigenvalue weighted by atomic mass is 16.5. The number of methoxy groups -OCH3 is 1. The molecule has 0 aromatic heterocycles. The standard InChI is InChI=1S/C18H30N2O/c1-5-16-13-19-18(3,6-2)14-20(16)12-11-15-7-9-17(21-4)10-8-15/h7-10,16,19H,5-6,11-14H2,1-4H3. The summed E-state index contributed by atoms with van der Waals surface area (Å²) < 4.78 is 5.22. The Morgan fingerprint density at radius 1 is 1.29 bits per heavy atom. The largest absolute Gasteiger partial charge is 0.497 e. The third-order valence-corrected chi connectivity index (χ3v) is 4.93. The fourth-order valence-corrected chi connectivity index (χ4v) is 3.09. The summed E-state index contributed by atoms with van der Waals surface area (Å²) >= 11 is 0. The Bertz CT molecular complexity index is 431. The Kier molecular flexibility index (Phi) is 5.65. The van der Waals surface area contributed by atoms with Gasteiger partial charge in [-0.25, -0.2) is 0 Å². The Balaban J connectivity index is 1.94. The second-order valence-electron chi connectivity index (χ2n) is 6.43. The molecule has 2 atom stereocenters. The summed E-state index contributed by atoms with van der Waals surface area (Å²) in [5, 5.41) is 3.73. The van der Waals surface area contributed by atoms with Gasteiger partial charge in [-0.05, 0) is 43.9 Å². The normalized spacial score (nSPS) is 26.8. The van der Waals surface area contributed by atoms with Crippen LogP contribution in [0.2, 0.25) is 0 Å². The summed E-state index contributed by atoms with van der Waals surface area (Å²) in [6.45, 7) is 10.3. The average molecular weight is 290 g/mol. The van der Waals surface area contributed by atoms with Gasteiger partial charge in [0, 0.05) is 31.2 Å². The van der Waals surface area contributed by atoms with Crippen LogP contribution in [0, 0.1) is 0 Å². The molecule has 1 saturated heterocycles. The summed E-state index contributed by atoms with van der Waals surface area (Å²) in [4.78, 5) is 2.67. The third kappa shape index (κ3) is 4.21.